The molecule has 0 amide bonds. The van der Waals surface area contributed by atoms with Crippen LogP contribution in [0.15, 0.2) is 0 Å². The molecular weight excluding hydrogens is 84.1 g/mol. The molecule has 1 aliphatic carbocycles. The van der Waals surface area contributed by atoms with Crippen molar-refractivity contribution >= 4 is 0 Å². The number of hydrogen-bond acceptors (Lipinski definition) is 0. The third kappa shape index (κ3) is 0.568. The average molecular weight is 99.2 g/mol. The third-order valence-corrected chi connectivity index (χ3v) is 2.30. The van der Waals surface area contributed by atoms with Gasteiger partial charge in [-0.2, -0.15) is 0 Å². The molecule has 0 N–H and O–H groups in total. The Kier molecular flexibility index (Phi) is 0.499. The van der Waals surface area contributed by atoms with E-state index in [0.29, 0.717) is 0 Å². The Morgan fingerprint density at radius 2 is 1.29 bits per heavy atom. The zero-order valence-corrected chi connectivity index (χ0v) is 5.58. The molecule has 1 aliphatic rings. The maximum Gasteiger partial charge on any atom is 0.0278 e. The summed E-state index contributed by atoms with van der Waals surface area (Å²) in [5.41, 5.74) is 0.542. The summed E-state index contributed by atoms with van der Waals surface area (Å²) in [5, 5.41) is 0. The van der Waals surface area contributed by atoms with Gasteiger partial charge in [0.05, 0.1) is 0 Å². The maximum absolute atomic E-state index is 7.50. The van der Waals surface area contributed by atoms with Crippen molar-refractivity contribution in [3.8, 4) is 0 Å². The van der Waals surface area contributed by atoms with Crippen molar-refractivity contribution in [1.29, 1.82) is 0 Å². The predicted octanol–water partition coefficient (Wildman–Crippen LogP) is 2.44. The van der Waals surface area contributed by atoms with Crippen LogP contribution in [0.2, 0.25) is 0 Å². The molecule has 0 unspecified atom stereocenters. The zero-order chi connectivity index (χ0) is 6.58. The highest BCUT2D eigenvalue weighted by Gasteiger charge is 2.53. The molecular formula is C7H14. The van der Waals surface area contributed by atoms with Crippen molar-refractivity contribution < 1.29 is 1.37 Å². The van der Waals surface area contributed by atoms with E-state index >= 15 is 0 Å². The molecule has 0 aromatic rings. The van der Waals surface area contributed by atoms with Gasteiger partial charge < -0.3 is 0 Å². The third-order valence-electron chi connectivity index (χ3n) is 2.30. The first-order chi connectivity index (χ1) is 3.40. The summed E-state index contributed by atoms with van der Waals surface area (Å²) in [6, 6.07) is 0. The van der Waals surface area contributed by atoms with E-state index in [1.807, 2.05) is 0 Å². The first kappa shape index (κ1) is 3.94. The van der Waals surface area contributed by atoms with E-state index in [1.54, 1.807) is 0 Å². The van der Waals surface area contributed by atoms with Gasteiger partial charge in [0.2, 0.25) is 0 Å². The minimum atomic E-state index is 0.162. The van der Waals surface area contributed by atoms with Crippen molar-refractivity contribution in [3.63, 3.8) is 0 Å². The molecule has 7 heavy (non-hydrogen) atoms. The average Bonchev–Trinajstić information content (AvgIpc) is 1.88. The summed E-state index contributed by atoms with van der Waals surface area (Å²) in [5.74, 6) is 0. The van der Waals surface area contributed by atoms with Gasteiger partial charge in [-0.15, -0.1) is 0 Å². The number of hydrogen-bond donors (Lipinski definition) is 0. The van der Waals surface area contributed by atoms with E-state index in [1.165, 1.54) is 0 Å². The molecule has 0 heterocycles. The van der Waals surface area contributed by atoms with Gasteiger partial charge in [-0.05, 0) is 17.2 Å². The minimum Gasteiger partial charge on any atom is -0.0594 e. The van der Waals surface area contributed by atoms with Gasteiger partial charge in [0.15, 0.2) is 0 Å². The van der Waals surface area contributed by atoms with Crippen LogP contribution in [-0.2, 0) is 0 Å². The van der Waals surface area contributed by atoms with Gasteiger partial charge in [-0.1, -0.05) is 27.7 Å². The van der Waals surface area contributed by atoms with Crippen LogP contribution >= 0.6 is 0 Å². The van der Waals surface area contributed by atoms with Crippen LogP contribution in [0.1, 0.15) is 35.5 Å². The highest BCUT2D eigenvalue weighted by Crippen LogP contribution is 2.62. The molecule has 1 saturated carbocycles. The Morgan fingerprint density at radius 1 is 1.14 bits per heavy atom. The van der Waals surface area contributed by atoms with Gasteiger partial charge >= 0.3 is 0 Å². The van der Waals surface area contributed by atoms with Crippen molar-refractivity contribution in [3.05, 3.63) is 0 Å². The lowest BCUT2D eigenvalue weighted by atomic mass is 10.0. The molecule has 0 saturated heterocycles. The normalized spacial score (nSPS) is 37.4. The largest absolute Gasteiger partial charge is 0.0594 e. The molecule has 0 bridgehead atoms. The summed E-state index contributed by atoms with van der Waals surface area (Å²) in [4.78, 5) is 0. The Morgan fingerprint density at radius 3 is 1.29 bits per heavy atom. The van der Waals surface area contributed by atoms with Crippen LogP contribution in [0.4, 0.5) is 0 Å². The highest BCUT2D eigenvalue weighted by molar-refractivity contribution is 5.02. The molecule has 0 atom stereocenters. The second-order valence-corrected chi connectivity index (χ2v) is 3.59. The fourth-order valence-corrected chi connectivity index (χ4v) is 0.866. The summed E-state index contributed by atoms with van der Waals surface area (Å²) >= 11 is 0. The van der Waals surface area contributed by atoms with E-state index in [-0.39, 0.29) is 17.2 Å². The first-order valence-electron chi connectivity index (χ1n) is 3.40. The first-order valence-corrected chi connectivity index (χ1v) is 2.83. The number of rotatable bonds is 0. The predicted molar refractivity (Wildman–Crippen MR) is 32.2 cm³/mol. The molecule has 0 heteroatoms. The van der Waals surface area contributed by atoms with E-state index in [9.17, 15) is 0 Å². The van der Waals surface area contributed by atoms with E-state index < -0.39 is 0 Å². The molecule has 0 aromatic carbocycles. The molecule has 0 aliphatic heterocycles. The zero-order valence-electron chi connectivity index (χ0n) is 6.58. The van der Waals surface area contributed by atoms with Crippen molar-refractivity contribution in [2.75, 3.05) is 0 Å². The molecule has 0 radical (unpaired) electrons. The maximum atomic E-state index is 7.50. The Balaban J connectivity index is 2.72. The fourth-order valence-electron chi connectivity index (χ4n) is 0.866. The van der Waals surface area contributed by atoms with Crippen LogP contribution < -0.4 is 0 Å². The fraction of sp³-hybridized carbons (Fsp3) is 1.00. The van der Waals surface area contributed by atoms with Crippen LogP contribution in [-0.4, -0.2) is 0 Å². The van der Waals surface area contributed by atoms with Crippen LogP contribution in [0.3, 0.4) is 0 Å². The Hall–Kier alpha value is 0. The highest BCUT2D eigenvalue weighted by atomic mass is 14.6. The molecule has 42 valence electrons. The standard InChI is InChI=1S/C7H14/c1-6(2)5-7(6,3)4/h5H2,1-4H3/i5D. The van der Waals surface area contributed by atoms with Crippen molar-refractivity contribution in [2.45, 2.75) is 34.1 Å². The Labute approximate surface area is 47.3 Å². The lowest BCUT2D eigenvalue weighted by molar-refractivity contribution is 0.457. The monoisotopic (exact) mass is 99.1 g/mol. The molecule has 1 fully saturated rings. The summed E-state index contributed by atoms with van der Waals surface area (Å²) in [6.45, 7) is 8.63. The van der Waals surface area contributed by atoms with Gasteiger partial charge in [-0.3, -0.25) is 0 Å². The topological polar surface area (TPSA) is 0 Å². The minimum absolute atomic E-state index is 0.162. The quantitative estimate of drug-likeness (QED) is 0.437. The Bertz CT molecular complexity index is 99.6. The second-order valence-electron chi connectivity index (χ2n) is 3.59. The molecule has 0 aromatic heterocycles. The molecule has 0 nitrogen and oxygen atoms in total. The second kappa shape index (κ2) is 0.888. The van der Waals surface area contributed by atoms with Crippen LogP contribution in [0.25, 0.3) is 0 Å². The van der Waals surface area contributed by atoms with E-state index in [0.717, 1.165) is 0 Å². The SMILES string of the molecule is [2H]C1C(C)(C)C1(C)C. The lowest BCUT2D eigenvalue weighted by Crippen LogP contribution is -1.95. The van der Waals surface area contributed by atoms with Crippen molar-refractivity contribution in [2.24, 2.45) is 10.8 Å². The van der Waals surface area contributed by atoms with Crippen LogP contribution in [0, 0.1) is 10.8 Å². The summed E-state index contributed by atoms with van der Waals surface area (Å²) in [7, 11) is 0. The van der Waals surface area contributed by atoms with Gasteiger partial charge in [0, 0.05) is 1.37 Å². The van der Waals surface area contributed by atoms with Gasteiger partial charge in [0.25, 0.3) is 0 Å². The van der Waals surface area contributed by atoms with E-state index in [4.69, 9.17) is 1.37 Å². The molecule has 1 rings (SSSR count). The summed E-state index contributed by atoms with van der Waals surface area (Å²) in [6.07, 6.45) is 0.162. The van der Waals surface area contributed by atoms with E-state index in [2.05, 4.69) is 27.7 Å². The molecule has 0 spiro atoms. The smallest absolute Gasteiger partial charge is 0.0278 e. The lowest BCUT2D eigenvalue weighted by Gasteiger charge is -2.04. The van der Waals surface area contributed by atoms with Crippen molar-refractivity contribution in [1.82, 2.24) is 0 Å². The summed E-state index contributed by atoms with van der Waals surface area (Å²) < 4.78 is 7.50. The van der Waals surface area contributed by atoms with Crippen LogP contribution in [0.5, 0.6) is 0 Å². The van der Waals surface area contributed by atoms with Gasteiger partial charge in [-0.25, -0.2) is 0 Å². The van der Waals surface area contributed by atoms with Gasteiger partial charge in [0.1, 0.15) is 0 Å².